The highest BCUT2D eigenvalue weighted by molar-refractivity contribution is 6.30. The second kappa shape index (κ2) is 5.52. The number of nitrogens with one attached hydrogen (secondary N) is 1. The number of nitrogens with zero attached hydrogens (tertiary/aromatic N) is 1. The van der Waals surface area contributed by atoms with Gasteiger partial charge in [-0.15, -0.1) is 0 Å². The van der Waals surface area contributed by atoms with Gasteiger partial charge in [-0.05, 0) is 44.5 Å². The molecule has 1 amide bonds. The topological polar surface area (TPSA) is 32.3 Å². The second-order valence-electron chi connectivity index (χ2n) is 4.35. The molecule has 1 aromatic carbocycles. The number of rotatable bonds is 1. The maximum atomic E-state index is 12.2. The molecular weight excluding hydrogens is 236 g/mol. The fourth-order valence-corrected chi connectivity index (χ4v) is 2.23. The Morgan fingerprint density at radius 1 is 1.41 bits per heavy atom. The van der Waals surface area contributed by atoms with Gasteiger partial charge >= 0.3 is 0 Å². The zero-order valence-electron chi connectivity index (χ0n) is 9.95. The Hall–Kier alpha value is -1.06. The lowest BCUT2D eigenvalue weighted by Gasteiger charge is -2.29. The van der Waals surface area contributed by atoms with E-state index in [9.17, 15) is 4.79 Å². The fraction of sp³-hybridized carbons (Fsp3) is 0.462. The minimum atomic E-state index is -0.130. The van der Waals surface area contributed by atoms with Gasteiger partial charge in [0, 0.05) is 17.3 Å². The van der Waals surface area contributed by atoms with E-state index in [4.69, 9.17) is 11.6 Å². The van der Waals surface area contributed by atoms with E-state index in [1.165, 1.54) is 0 Å². The van der Waals surface area contributed by atoms with Crippen LogP contribution in [-0.4, -0.2) is 25.0 Å². The number of benzene rings is 1. The van der Waals surface area contributed by atoms with Crippen LogP contribution in [0.1, 0.15) is 19.8 Å². The summed E-state index contributed by atoms with van der Waals surface area (Å²) in [5, 5.41) is 3.89. The summed E-state index contributed by atoms with van der Waals surface area (Å²) >= 11 is 5.97. The van der Waals surface area contributed by atoms with Crippen LogP contribution >= 0.6 is 11.6 Å². The highest BCUT2D eigenvalue weighted by atomic mass is 35.5. The summed E-state index contributed by atoms with van der Waals surface area (Å²) in [5.41, 5.74) is 0.887. The molecule has 1 aliphatic rings. The molecule has 0 radical (unpaired) electrons. The van der Waals surface area contributed by atoms with Crippen molar-refractivity contribution in [3.8, 4) is 0 Å². The van der Waals surface area contributed by atoms with Crippen LogP contribution in [0.15, 0.2) is 24.3 Å². The van der Waals surface area contributed by atoms with Gasteiger partial charge in [-0.3, -0.25) is 4.79 Å². The molecule has 0 bridgehead atoms. The van der Waals surface area contributed by atoms with Crippen LogP contribution in [-0.2, 0) is 4.79 Å². The van der Waals surface area contributed by atoms with Crippen molar-refractivity contribution < 1.29 is 4.79 Å². The zero-order chi connectivity index (χ0) is 12.3. The van der Waals surface area contributed by atoms with E-state index in [1.54, 1.807) is 0 Å². The van der Waals surface area contributed by atoms with Gasteiger partial charge in [0.2, 0.25) is 5.91 Å². The first-order chi connectivity index (χ1) is 8.18. The number of hydrogen-bond acceptors (Lipinski definition) is 2. The van der Waals surface area contributed by atoms with Crippen molar-refractivity contribution in [3.05, 3.63) is 29.3 Å². The van der Waals surface area contributed by atoms with Crippen LogP contribution in [0, 0.1) is 0 Å². The van der Waals surface area contributed by atoms with E-state index in [0.717, 1.165) is 31.6 Å². The van der Waals surface area contributed by atoms with Gasteiger partial charge in [0.1, 0.15) is 0 Å². The lowest BCUT2D eigenvalue weighted by Crippen LogP contribution is -2.47. The summed E-state index contributed by atoms with van der Waals surface area (Å²) < 4.78 is 0. The van der Waals surface area contributed by atoms with E-state index in [2.05, 4.69) is 5.32 Å². The zero-order valence-corrected chi connectivity index (χ0v) is 10.7. The average molecular weight is 253 g/mol. The van der Waals surface area contributed by atoms with Crippen molar-refractivity contribution in [3.63, 3.8) is 0 Å². The Morgan fingerprint density at radius 2 is 2.24 bits per heavy atom. The van der Waals surface area contributed by atoms with Crippen molar-refractivity contribution in [1.29, 1.82) is 0 Å². The summed E-state index contributed by atoms with van der Waals surface area (Å²) in [6, 6.07) is 7.34. The molecule has 0 aliphatic carbocycles. The van der Waals surface area contributed by atoms with Crippen LogP contribution < -0.4 is 10.2 Å². The Morgan fingerprint density at radius 3 is 3.00 bits per heavy atom. The van der Waals surface area contributed by atoms with Gasteiger partial charge in [-0.25, -0.2) is 0 Å². The minimum Gasteiger partial charge on any atom is -0.311 e. The summed E-state index contributed by atoms with van der Waals surface area (Å²) in [4.78, 5) is 14.1. The highest BCUT2D eigenvalue weighted by Gasteiger charge is 2.23. The average Bonchev–Trinajstić information content (AvgIpc) is 2.31. The lowest BCUT2D eigenvalue weighted by molar-refractivity contribution is -0.120. The largest absolute Gasteiger partial charge is 0.311 e. The lowest BCUT2D eigenvalue weighted by atomic mass is 10.1. The van der Waals surface area contributed by atoms with Crippen molar-refractivity contribution >= 4 is 23.2 Å². The Labute approximate surface area is 107 Å². The highest BCUT2D eigenvalue weighted by Crippen LogP contribution is 2.21. The van der Waals surface area contributed by atoms with E-state index < -0.39 is 0 Å². The molecule has 1 saturated heterocycles. The molecular formula is C13H17ClN2O. The predicted molar refractivity (Wildman–Crippen MR) is 70.5 cm³/mol. The van der Waals surface area contributed by atoms with Crippen molar-refractivity contribution in [1.82, 2.24) is 5.32 Å². The molecule has 1 heterocycles. The minimum absolute atomic E-state index is 0.118. The number of anilines is 1. The van der Waals surface area contributed by atoms with Crippen LogP contribution in [0.25, 0.3) is 0 Å². The monoisotopic (exact) mass is 252 g/mol. The van der Waals surface area contributed by atoms with Gasteiger partial charge in [0.25, 0.3) is 0 Å². The fourth-order valence-electron chi connectivity index (χ4n) is 2.05. The van der Waals surface area contributed by atoms with E-state index in [-0.39, 0.29) is 11.9 Å². The first kappa shape index (κ1) is 12.4. The van der Waals surface area contributed by atoms with Crippen LogP contribution in [0.5, 0.6) is 0 Å². The van der Waals surface area contributed by atoms with Crippen molar-refractivity contribution in [2.24, 2.45) is 0 Å². The van der Waals surface area contributed by atoms with Gasteiger partial charge in [-0.1, -0.05) is 17.7 Å². The molecule has 0 aromatic heterocycles. The number of carbonyl (C=O) groups is 1. The molecule has 3 nitrogen and oxygen atoms in total. The summed E-state index contributed by atoms with van der Waals surface area (Å²) in [6.45, 7) is 3.59. The first-order valence-corrected chi connectivity index (χ1v) is 6.36. The summed E-state index contributed by atoms with van der Waals surface area (Å²) in [5.74, 6) is 0.118. The molecule has 1 atom stereocenters. The smallest absolute Gasteiger partial charge is 0.243 e. The molecule has 1 aromatic rings. The first-order valence-electron chi connectivity index (χ1n) is 5.99. The number of hydrogen-bond donors (Lipinski definition) is 1. The number of carbonyl (C=O) groups excluding carboxylic acids is 1. The normalized spacial score (nSPS) is 22.1. The third-order valence-electron chi connectivity index (χ3n) is 3.02. The molecule has 2 rings (SSSR count). The molecule has 1 N–H and O–H groups in total. The van der Waals surface area contributed by atoms with Crippen LogP contribution in [0.3, 0.4) is 0 Å². The Bertz CT molecular complexity index is 408. The standard InChI is InChI=1S/C13H17ClN2O/c1-10-13(17)16(8-3-2-7-15-10)12-6-4-5-11(14)9-12/h4-6,9-10,15H,2-3,7-8H2,1H3. The number of halogens is 1. The van der Waals surface area contributed by atoms with Crippen molar-refractivity contribution in [2.45, 2.75) is 25.8 Å². The molecule has 92 valence electrons. The maximum absolute atomic E-state index is 12.2. The molecule has 17 heavy (non-hydrogen) atoms. The van der Waals surface area contributed by atoms with E-state index in [1.807, 2.05) is 36.1 Å². The third-order valence-corrected chi connectivity index (χ3v) is 3.25. The molecule has 0 saturated carbocycles. The van der Waals surface area contributed by atoms with Crippen molar-refractivity contribution in [2.75, 3.05) is 18.0 Å². The Kier molecular flexibility index (Phi) is 4.02. The summed E-state index contributed by atoms with van der Waals surface area (Å²) in [7, 11) is 0. The van der Waals surface area contributed by atoms with Crippen LogP contribution in [0.4, 0.5) is 5.69 Å². The number of amides is 1. The SMILES string of the molecule is CC1NCCCCN(c2cccc(Cl)c2)C1=O. The van der Waals surface area contributed by atoms with Gasteiger partial charge in [0.05, 0.1) is 6.04 Å². The molecule has 1 fully saturated rings. The Balaban J connectivity index is 2.24. The van der Waals surface area contributed by atoms with Crippen LogP contribution in [0.2, 0.25) is 5.02 Å². The van der Waals surface area contributed by atoms with Gasteiger partial charge < -0.3 is 10.2 Å². The van der Waals surface area contributed by atoms with Gasteiger partial charge in [0.15, 0.2) is 0 Å². The van der Waals surface area contributed by atoms with E-state index in [0.29, 0.717) is 5.02 Å². The molecule has 1 unspecified atom stereocenters. The second-order valence-corrected chi connectivity index (χ2v) is 4.79. The quantitative estimate of drug-likeness (QED) is 0.833. The van der Waals surface area contributed by atoms with E-state index >= 15 is 0 Å². The summed E-state index contributed by atoms with van der Waals surface area (Å²) in [6.07, 6.45) is 2.10. The van der Waals surface area contributed by atoms with Gasteiger partial charge in [-0.2, -0.15) is 0 Å². The maximum Gasteiger partial charge on any atom is 0.243 e. The molecule has 0 spiro atoms. The molecule has 1 aliphatic heterocycles. The third kappa shape index (κ3) is 2.99. The molecule has 4 heteroatoms. The predicted octanol–water partition coefficient (Wildman–Crippen LogP) is 2.44.